The molecule has 7 heteroatoms. The molecule has 7 nitrogen and oxygen atoms in total. The van der Waals surface area contributed by atoms with E-state index in [1.54, 1.807) is 19.5 Å². The Kier molecular flexibility index (Phi) is 4.87. The molecule has 2 aromatic carbocycles. The molecule has 4 rings (SSSR count). The van der Waals surface area contributed by atoms with Crippen molar-refractivity contribution in [1.82, 2.24) is 19.8 Å². The zero-order valence-corrected chi connectivity index (χ0v) is 16.2. The first-order chi connectivity index (χ1) is 14.0. The molecule has 1 fully saturated rings. The molecule has 2 N–H and O–H groups in total. The molecular formula is C22H21N5O2. The third-order valence-electron chi connectivity index (χ3n) is 4.70. The number of aryl methyl sites for hydroxylation is 1. The molecule has 146 valence electrons. The molecule has 1 aliphatic rings. The van der Waals surface area contributed by atoms with Crippen molar-refractivity contribution in [1.29, 1.82) is 5.41 Å². The fourth-order valence-corrected chi connectivity index (χ4v) is 3.23. The van der Waals surface area contributed by atoms with Crippen molar-refractivity contribution in [3.8, 4) is 11.4 Å². The van der Waals surface area contributed by atoms with E-state index in [2.05, 4.69) is 10.3 Å². The van der Waals surface area contributed by atoms with Crippen molar-refractivity contribution in [3.05, 3.63) is 83.6 Å². The zero-order valence-electron chi connectivity index (χ0n) is 16.2. The number of amidine groups is 1. The summed E-state index contributed by atoms with van der Waals surface area (Å²) in [5.41, 5.74) is 4.03. The van der Waals surface area contributed by atoms with Gasteiger partial charge in [-0.15, -0.1) is 0 Å². The van der Waals surface area contributed by atoms with Gasteiger partial charge in [-0.05, 0) is 36.3 Å². The second-order valence-electron chi connectivity index (χ2n) is 6.76. The van der Waals surface area contributed by atoms with E-state index in [4.69, 9.17) is 10.1 Å². The van der Waals surface area contributed by atoms with E-state index >= 15 is 0 Å². The van der Waals surface area contributed by atoms with Gasteiger partial charge in [-0.1, -0.05) is 36.4 Å². The number of urea groups is 1. The van der Waals surface area contributed by atoms with E-state index in [0.717, 1.165) is 22.5 Å². The van der Waals surface area contributed by atoms with Crippen LogP contribution in [0.3, 0.4) is 0 Å². The smallest absolute Gasteiger partial charge is 0.327 e. The molecule has 29 heavy (non-hydrogen) atoms. The molecule has 0 radical (unpaired) electrons. The maximum Gasteiger partial charge on any atom is 0.327 e. The normalized spacial score (nSPS) is 15.1. The van der Waals surface area contributed by atoms with Gasteiger partial charge in [0.1, 0.15) is 5.75 Å². The quantitative estimate of drug-likeness (QED) is 0.700. The highest BCUT2D eigenvalue weighted by Crippen LogP contribution is 2.26. The van der Waals surface area contributed by atoms with E-state index in [9.17, 15) is 4.79 Å². The molecule has 1 saturated heterocycles. The minimum atomic E-state index is -0.303. The van der Waals surface area contributed by atoms with Crippen LogP contribution in [0.4, 0.5) is 4.79 Å². The highest BCUT2D eigenvalue weighted by Gasteiger charge is 2.30. The Morgan fingerprint density at radius 3 is 2.69 bits per heavy atom. The fourth-order valence-electron chi connectivity index (χ4n) is 3.23. The molecule has 3 aromatic rings. The monoisotopic (exact) mass is 387 g/mol. The first-order valence-electron chi connectivity index (χ1n) is 9.17. The summed E-state index contributed by atoms with van der Waals surface area (Å²) in [6, 6.07) is 15.0. The lowest BCUT2D eigenvalue weighted by atomic mass is 10.1. The lowest BCUT2D eigenvalue weighted by Crippen LogP contribution is -2.29. The van der Waals surface area contributed by atoms with Gasteiger partial charge in [0.05, 0.1) is 37.1 Å². The average Bonchev–Trinajstić information content (AvgIpc) is 3.27. The number of hydrogen-bond acceptors (Lipinski definition) is 4. The lowest BCUT2D eigenvalue weighted by molar-refractivity contribution is 0.227. The van der Waals surface area contributed by atoms with Gasteiger partial charge in [0.2, 0.25) is 0 Å². The Balaban J connectivity index is 1.59. The number of rotatable bonds is 5. The number of aromatic nitrogens is 2. The lowest BCUT2D eigenvalue weighted by Gasteiger charge is -2.13. The second-order valence-corrected chi connectivity index (χ2v) is 6.76. The van der Waals surface area contributed by atoms with Crippen LogP contribution < -0.4 is 10.1 Å². The summed E-state index contributed by atoms with van der Waals surface area (Å²) in [7, 11) is 1.61. The summed E-state index contributed by atoms with van der Waals surface area (Å²) in [5, 5.41) is 11.2. The highest BCUT2D eigenvalue weighted by atomic mass is 16.5. The zero-order chi connectivity index (χ0) is 20.4. The average molecular weight is 387 g/mol. The van der Waals surface area contributed by atoms with Crippen LogP contribution in [0.25, 0.3) is 11.8 Å². The van der Waals surface area contributed by atoms with Gasteiger partial charge in [-0.2, -0.15) is 0 Å². The summed E-state index contributed by atoms with van der Waals surface area (Å²) in [4.78, 5) is 18.0. The third kappa shape index (κ3) is 3.75. The molecule has 1 aromatic heterocycles. The second kappa shape index (κ2) is 7.63. The summed E-state index contributed by atoms with van der Waals surface area (Å²) in [6.45, 7) is 2.28. The predicted molar refractivity (Wildman–Crippen MR) is 111 cm³/mol. The van der Waals surface area contributed by atoms with E-state index in [-0.39, 0.29) is 11.9 Å². The standard InChI is InChI=1S/C22H21N5O2/c1-15-12-26(14-24-15)19-9-8-17(11-20(19)29-2)10-18-21(23)27(22(28)25-18)13-16-6-4-3-5-7-16/h3-12,14,23H,13H2,1-2H3,(H,25,28). The topological polar surface area (TPSA) is 83.2 Å². The number of nitrogens with one attached hydrogen (secondary N) is 2. The van der Waals surface area contributed by atoms with Crippen LogP contribution >= 0.6 is 0 Å². The van der Waals surface area contributed by atoms with Crippen molar-refractivity contribution in [3.63, 3.8) is 0 Å². The molecule has 0 atom stereocenters. The molecule has 2 amide bonds. The van der Waals surface area contributed by atoms with Gasteiger partial charge < -0.3 is 14.6 Å². The number of imidazole rings is 1. The van der Waals surface area contributed by atoms with Crippen LogP contribution in [0.5, 0.6) is 5.75 Å². The van der Waals surface area contributed by atoms with Crippen molar-refractivity contribution >= 4 is 17.9 Å². The number of nitrogens with zero attached hydrogens (tertiary/aromatic N) is 3. The van der Waals surface area contributed by atoms with E-state index < -0.39 is 0 Å². The van der Waals surface area contributed by atoms with Gasteiger partial charge in [0, 0.05) is 6.20 Å². The number of methoxy groups -OCH3 is 1. The molecule has 2 heterocycles. The van der Waals surface area contributed by atoms with E-state index in [1.807, 2.05) is 66.2 Å². The molecule has 0 spiro atoms. The number of benzene rings is 2. The summed E-state index contributed by atoms with van der Waals surface area (Å²) < 4.78 is 7.43. The van der Waals surface area contributed by atoms with Crippen LogP contribution in [-0.4, -0.2) is 33.4 Å². The number of amides is 2. The first-order valence-corrected chi connectivity index (χ1v) is 9.17. The van der Waals surface area contributed by atoms with Gasteiger partial charge >= 0.3 is 6.03 Å². The Hall–Kier alpha value is -3.87. The van der Waals surface area contributed by atoms with E-state index in [1.165, 1.54) is 4.90 Å². The van der Waals surface area contributed by atoms with Crippen LogP contribution in [0, 0.1) is 12.3 Å². The number of hydrogen-bond donors (Lipinski definition) is 2. The first kappa shape index (κ1) is 18.5. The van der Waals surface area contributed by atoms with Crippen LogP contribution in [0.1, 0.15) is 16.8 Å². The van der Waals surface area contributed by atoms with Crippen LogP contribution in [0.15, 0.2) is 66.8 Å². The molecule has 0 unspecified atom stereocenters. The number of ether oxygens (including phenoxy) is 1. The van der Waals surface area contributed by atoms with Gasteiger partial charge in [0.25, 0.3) is 0 Å². The third-order valence-corrected chi connectivity index (χ3v) is 4.70. The van der Waals surface area contributed by atoms with Crippen molar-refractivity contribution < 1.29 is 9.53 Å². The SMILES string of the molecule is COc1cc(C=C2NC(=O)N(Cc3ccccc3)C2=N)ccc1-n1cnc(C)c1. The molecule has 0 saturated carbocycles. The molecular weight excluding hydrogens is 366 g/mol. The van der Waals surface area contributed by atoms with Crippen LogP contribution in [0.2, 0.25) is 0 Å². The molecule has 0 bridgehead atoms. The maximum atomic E-state index is 12.4. The molecule has 1 aliphatic heterocycles. The Morgan fingerprint density at radius 2 is 2.00 bits per heavy atom. The summed E-state index contributed by atoms with van der Waals surface area (Å²) in [6.07, 6.45) is 5.43. The van der Waals surface area contributed by atoms with Gasteiger partial charge in [-0.3, -0.25) is 10.3 Å². The Morgan fingerprint density at radius 1 is 1.21 bits per heavy atom. The van der Waals surface area contributed by atoms with Crippen molar-refractivity contribution in [2.24, 2.45) is 0 Å². The predicted octanol–water partition coefficient (Wildman–Crippen LogP) is 3.73. The van der Waals surface area contributed by atoms with E-state index in [0.29, 0.717) is 18.0 Å². The van der Waals surface area contributed by atoms with Crippen LogP contribution in [-0.2, 0) is 6.54 Å². The maximum absolute atomic E-state index is 12.4. The summed E-state index contributed by atoms with van der Waals surface area (Å²) in [5.74, 6) is 0.820. The summed E-state index contributed by atoms with van der Waals surface area (Å²) >= 11 is 0. The number of carbonyl (C=O) groups is 1. The minimum absolute atomic E-state index is 0.145. The van der Waals surface area contributed by atoms with Crippen molar-refractivity contribution in [2.45, 2.75) is 13.5 Å². The van der Waals surface area contributed by atoms with Gasteiger partial charge in [-0.25, -0.2) is 9.78 Å². The fraction of sp³-hybridized carbons (Fsp3) is 0.136. The minimum Gasteiger partial charge on any atom is -0.495 e. The Bertz CT molecular complexity index is 1100. The molecule has 0 aliphatic carbocycles. The van der Waals surface area contributed by atoms with Crippen molar-refractivity contribution in [2.75, 3.05) is 7.11 Å². The highest BCUT2D eigenvalue weighted by molar-refractivity contribution is 6.15. The largest absolute Gasteiger partial charge is 0.495 e. The number of carbonyl (C=O) groups excluding carboxylic acids is 1. The van der Waals surface area contributed by atoms with Gasteiger partial charge in [0.15, 0.2) is 5.84 Å². The Labute approximate surface area is 168 Å².